The third-order valence-electron chi connectivity index (χ3n) is 5.12. The summed E-state index contributed by atoms with van der Waals surface area (Å²) in [6.45, 7) is 1.16. The molecule has 0 radical (unpaired) electrons. The summed E-state index contributed by atoms with van der Waals surface area (Å²) in [4.78, 5) is 2.30. The molecule has 1 aliphatic rings. The average Bonchev–Trinajstić information content (AvgIpc) is 2.55. The van der Waals surface area contributed by atoms with Gasteiger partial charge in [0.2, 0.25) is 0 Å². The van der Waals surface area contributed by atoms with Crippen molar-refractivity contribution in [3.05, 3.63) is 71.3 Å². The van der Waals surface area contributed by atoms with Crippen molar-refractivity contribution < 1.29 is 0 Å². The minimum atomic E-state index is 0.214. The second kappa shape index (κ2) is 6.66. The largest absolute Gasteiger partial charge is 0.309 e. The molecule has 1 unspecified atom stereocenters. The Morgan fingerprint density at radius 2 is 1.68 bits per heavy atom. The van der Waals surface area contributed by atoms with Crippen LogP contribution in [0.25, 0.3) is 0 Å². The van der Waals surface area contributed by atoms with Crippen molar-refractivity contribution in [1.82, 2.24) is 4.90 Å². The van der Waals surface area contributed by atoms with E-state index in [1.807, 2.05) is 0 Å². The number of nitrogens with zero attached hydrogens (tertiary/aromatic N) is 1. The van der Waals surface area contributed by atoms with Gasteiger partial charge < -0.3 is 4.90 Å². The standard InChI is InChI=1S/C21H27N/c1-22(2)17-9-16-21(19-12-4-3-5-13-19)15-8-11-18-10-6-7-14-20(18)21/h3-7,10,12-14H,8-9,11,15-17H2,1-2H3. The van der Waals surface area contributed by atoms with Gasteiger partial charge in [0.05, 0.1) is 0 Å². The Hall–Kier alpha value is -1.60. The molecule has 116 valence electrons. The molecule has 0 aliphatic heterocycles. The molecule has 1 atom stereocenters. The van der Waals surface area contributed by atoms with Crippen LogP contribution in [0.1, 0.15) is 42.4 Å². The van der Waals surface area contributed by atoms with Gasteiger partial charge >= 0.3 is 0 Å². The maximum Gasteiger partial charge on any atom is 0.0206 e. The SMILES string of the molecule is CN(C)CCCC1(c2ccccc2)CCCc2ccccc21. The van der Waals surface area contributed by atoms with Crippen LogP contribution in [0, 0.1) is 0 Å². The Bertz CT molecular complexity index is 602. The predicted molar refractivity (Wildman–Crippen MR) is 94.4 cm³/mol. The maximum atomic E-state index is 2.37. The molecular formula is C21H27N. The number of hydrogen-bond acceptors (Lipinski definition) is 1. The molecule has 2 aromatic rings. The second-order valence-corrected chi connectivity index (χ2v) is 6.87. The molecule has 0 saturated carbocycles. The van der Waals surface area contributed by atoms with Crippen LogP contribution >= 0.6 is 0 Å². The van der Waals surface area contributed by atoms with Crippen molar-refractivity contribution in [2.75, 3.05) is 20.6 Å². The van der Waals surface area contributed by atoms with E-state index in [0.29, 0.717) is 0 Å². The summed E-state index contributed by atoms with van der Waals surface area (Å²) in [5.41, 5.74) is 4.85. The molecule has 1 heteroatoms. The summed E-state index contributed by atoms with van der Waals surface area (Å²) in [7, 11) is 4.34. The van der Waals surface area contributed by atoms with Gasteiger partial charge in [-0.3, -0.25) is 0 Å². The van der Waals surface area contributed by atoms with Crippen LogP contribution < -0.4 is 0 Å². The highest BCUT2D eigenvalue weighted by atomic mass is 15.0. The van der Waals surface area contributed by atoms with E-state index in [-0.39, 0.29) is 5.41 Å². The van der Waals surface area contributed by atoms with E-state index in [2.05, 4.69) is 73.6 Å². The summed E-state index contributed by atoms with van der Waals surface area (Å²) in [6.07, 6.45) is 6.30. The van der Waals surface area contributed by atoms with E-state index in [1.54, 1.807) is 11.1 Å². The zero-order valence-electron chi connectivity index (χ0n) is 13.9. The lowest BCUT2D eigenvalue weighted by Gasteiger charge is -2.40. The van der Waals surface area contributed by atoms with Crippen molar-refractivity contribution in [3.63, 3.8) is 0 Å². The number of hydrogen-bond donors (Lipinski definition) is 0. The van der Waals surface area contributed by atoms with Gasteiger partial charge in [-0.1, -0.05) is 54.6 Å². The lowest BCUT2D eigenvalue weighted by Crippen LogP contribution is -2.33. The van der Waals surface area contributed by atoms with Gasteiger partial charge in [-0.05, 0) is 69.4 Å². The highest BCUT2D eigenvalue weighted by molar-refractivity contribution is 5.45. The van der Waals surface area contributed by atoms with Crippen LogP contribution in [-0.2, 0) is 11.8 Å². The third-order valence-corrected chi connectivity index (χ3v) is 5.12. The first kappa shape index (κ1) is 15.3. The van der Waals surface area contributed by atoms with Crippen LogP contribution in [0.2, 0.25) is 0 Å². The molecule has 0 saturated heterocycles. The van der Waals surface area contributed by atoms with E-state index in [0.717, 1.165) is 6.54 Å². The Balaban J connectivity index is 2.01. The van der Waals surface area contributed by atoms with Crippen LogP contribution in [0.15, 0.2) is 54.6 Å². The predicted octanol–water partition coefficient (Wildman–Crippen LogP) is 4.65. The number of aryl methyl sites for hydroxylation is 1. The molecular weight excluding hydrogens is 266 g/mol. The van der Waals surface area contributed by atoms with Gasteiger partial charge in [0.25, 0.3) is 0 Å². The smallest absolute Gasteiger partial charge is 0.0206 e. The monoisotopic (exact) mass is 293 g/mol. The minimum Gasteiger partial charge on any atom is -0.309 e. The van der Waals surface area contributed by atoms with Crippen LogP contribution in [0.3, 0.4) is 0 Å². The third kappa shape index (κ3) is 2.96. The number of rotatable bonds is 5. The maximum absolute atomic E-state index is 2.37. The first-order chi connectivity index (χ1) is 10.7. The Labute approximate surface area is 135 Å². The van der Waals surface area contributed by atoms with Gasteiger partial charge in [0.15, 0.2) is 0 Å². The fraction of sp³-hybridized carbons (Fsp3) is 0.429. The summed E-state index contributed by atoms with van der Waals surface area (Å²) in [6, 6.07) is 20.3. The minimum absolute atomic E-state index is 0.214. The summed E-state index contributed by atoms with van der Waals surface area (Å²) < 4.78 is 0. The van der Waals surface area contributed by atoms with Gasteiger partial charge in [0.1, 0.15) is 0 Å². The van der Waals surface area contributed by atoms with Crippen molar-refractivity contribution in [3.8, 4) is 0 Å². The Morgan fingerprint density at radius 3 is 2.45 bits per heavy atom. The summed E-state index contributed by atoms with van der Waals surface area (Å²) >= 11 is 0. The van der Waals surface area contributed by atoms with E-state index in [9.17, 15) is 0 Å². The quantitative estimate of drug-likeness (QED) is 0.775. The van der Waals surface area contributed by atoms with Crippen molar-refractivity contribution in [2.45, 2.75) is 37.5 Å². The normalized spacial score (nSPS) is 20.9. The van der Waals surface area contributed by atoms with E-state index < -0.39 is 0 Å². The lowest BCUT2D eigenvalue weighted by atomic mass is 9.64. The fourth-order valence-electron chi connectivity index (χ4n) is 4.08. The highest BCUT2D eigenvalue weighted by Gasteiger charge is 2.37. The molecule has 1 aliphatic carbocycles. The number of benzene rings is 2. The molecule has 0 bridgehead atoms. The zero-order valence-corrected chi connectivity index (χ0v) is 13.9. The first-order valence-corrected chi connectivity index (χ1v) is 8.51. The highest BCUT2D eigenvalue weighted by Crippen LogP contribution is 2.45. The molecule has 3 rings (SSSR count). The van der Waals surface area contributed by atoms with E-state index in [1.165, 1.54) is 37.7 Å². The van der Waals surface area contributed by atoms with Gasteiger partial charge in [0, 0.05) is 5.41 Å². The lowest BCUT2D eigenvalue weighted by molar-refractivity contribution is 0.337. The Morgan fingerprint density at radius 1 is 0.955 bits per heavy atom. The van der Waals surface area contributed by atoms with Crippen molar-refractivity contribution >= 4 is 0 Å². The van der Waals surface area contributed by atoms with E-state index in [4.69, 9.17) is 0 Å². The number of fused-ring (bicyclic) bond motifs is 1. The van der Waals surface area contributed by atoms with Gasteiger partial charge in [-0.25, -0.2) is 0 Å². The molecule has 0 N–H and O–H groups in total. The molecule has 0 spiro atoms. The van der Waals surface area contributed by atoms with Gasteiger partial charge in [-0.2, -0.15) is 0 Å². The zero-order chi connectivity index (χ0) is 15.4. The van der Waals surface area contributed by atoms with Crippen LogP contribution in [-0.4, -0.2) is 25.5 Å². The average molecular weight is 293 g/mol. The first-order valence-electron chi connectivity index (χ1n) is 8.51. The molecule has 2 aromatic carbocycles. The topological polar surface area (TPSA) is 3.24 Å². The molecule has 22 heavy (non-hydrogen) atoms. The second-order valence-electron chi connectivity index (χ2n) is 6.87. The summed E-state index contributed by atoms with van der Waals surface area (Å²) in [5.74, 6) is 0. The van der Waals surface area contributed by atoms with Crippen molar-refractivity contribution in [2.24, 2.45) is 0 Å². The van der Waals surface area contributed by atoms with Gasteiger partial charge in [-0.15, -0.1) is 0 Å². The van der Waals surface area contributed by atoms with Crippen LogP contribution in [0.4, 0.5) is 0 Å². The molecule has 0 amide bonds. The fourth-order valence-corrected chi connectivity index (χ4v) is 4.08. The Kier molecular flexibility index (Phi) is 4.63. The molecule has 1 nitrogen and oxygen atoms in total. The molecule has 0 fully saturated rings. The summed E-state index contributed by atoms with van der Waals surface area (Å²) in [5, 5.41) is 0. The molecule has 0 heterocycles. The molecule has 0 aromatic heterocycles. The van der Waals surface area contributed by atoms with E-state index >= 15 is 0 Å². The van der Waals surface area contributed by atoms with Crippen molar-refractivity contribution in [1.29, 1.82) is 0 Å². The van der Waals surface area contributed by atoms with Crippen LogP contribution in [0.5, 0.6) is 0 Å².